The van der Waals surface area contributed by atoms with E-state index in [1.54, 1.807) is 11.8 Å². The van der Waals surface area contributed by atoms with Crippen LogP contribution in [0.4, 0.5) is 0 Å². The molecule has 0 radical (unpaired) electrons. The number of nitrogens with one attached hydrogen (secondary N) is 2. The molecule has 26 heavy (non-hydrogen) atoms. The van der Waals surface area contributed by atoms with E-state index < -0.39 is 5.60 Å². The van der Waals surface area contributed by atoms with Crippen molar-refractivity contribution in [3.05, 3.63) is 11.6 Å². The maximum Gasteiger partial charge on any atom is 0.191 e. The summed E-state index contributed by atoms with van der Waals surface area (Å²) in [6, 6.07) is 0.277. The van der Waals surface area contributed by atoms with Crippen LogP contribution in [0.1, 0.15) is 51.2 Å². The topological polar surface area (TPSA) is 87.4 Å². The Kier molecular flexibility index (Phi) is 8.02. The molecule has 2 aliphatic heterocycles. The summed E-state index contributed by atoms with van der Waals surface area (Å²) in [5.41, 5.74) is -0.648. The van der Waals surface area contributed by atoms with Crippen LogP contribution in [-0.4, -0.2) is 62.1 Å². The Bertz CT molecular complexity index is 614. The highest BCUT2D eigenvalue weighted by atomic mass is 127. The molecule has 3 rings (SSSR count). The van der Waals surface area contributed by atoms with Crippen LogP contribution in [0.2, 0.25) is 0 Å². The number of hydrogen-bond donors (Lipinski definition) is 3. The van der Waals surface area contributed by atoms with Crippen LogP contribution >= 0.6 is 35.7 Å². The fraction of sp³-hybridized carbons (Fsp3) is 0.824. The molecular formula is C17H31IN6OS. The highest BCUT2D eigenvalue weighted by Gasteiger charge is 2.31. The third kappa shape index (κ3) is 5.48. The minimum atomic E-state index is -0.648. The number of hydrogen-bond acceptors (Lipinski definition) is 5. The van der Waals surface area contributed by atoms with Gasteiger partial charge in [-0.3, -0.25) is 4.99 Å². The minimum absolute atomic E-state index is 0. The van der Waals surface area contributed by atoms with Crippen molar-refractivity contribution in [2.45, 2.75) is 64.1 Å². The van der Waals surface area contributed by atoms with Crippen LogP contribution in [-0.2, 0) is 13.0 Å². The van der Waals surface area contributed by atoms with Gasteiger partial charge in [-0.25, -0.2) is 9.67 Å². The Morgan fingerprint density at radius 2 is 2.31 bits per heavy atom. The number of fused-ring (bicyclic) bond motifs is 1. The summed E-state index contributed by atoms with van der Waals surface area (Å²) in [6.45, 7) is 8.37. The number of nitrogens with zero attached hydrogens (tertiary/aromatic N) is 4. The number of aliphatic hydroxyl groups is 1. The van der Waals surface area contributed by atoms with Crippen molar-refractivity contribution in [2.24, 2.45) is 4.99 Å². The van der Waals surface area contributed by atoms with Crippen LogP contribution in [0.25, 0.3) is 0 Å². The second-order valence-corrected chi connectivity index (χ2v) is 8.43. The first-order valence-electron chi connectivity index (χ1n) is 9.27. The monoisotopic (exact) mass is 494 g/mol. The van der Waals surface area contributed by atoms with Crippen molar-refractivity contribution >= 4 is 41.7 Å². The Morgan fingerprint density at radius 1 is 1.50 bits per heavy atom. The second-order valence-electron chi connectivity index (χ2n) is 7.33. The van der Waals surface area contributed by atoms with Gasteiger partial charge < -0.3 is 15.7 Å². The quantitative estimate of drug-likeness (QED) is 0.329. The average Bonchev–Trinajstić information content (AvgIpc) is 3.19. The van der Waals surface area contributed by atoms with E-state index in [1.807, 2.05) is 4.68 Å². The van der Waals surface area contributed by atoms with Crippen LogP contribution in [0, 0.1) is 0 Å². The summed E-state index contributed by atoms with van der Waals surface area (Å²) in [4.78, 5) is 9.28. The minimum Gasteiger partial charge on any atom is -0.387 e. The maximum absolute atomic E-state index is 10.5. The molecule has 3 N–H and O–H groups in total. The molecule has 3 heterocycles. The number of guanidine groups is 1. The van der Waals surface area contributed by atoms with E-state index in [0.717, 1.165) is 61.5 Å². The number of rotatable bonds is 5. The Labute approximate surface area is 177 Å². The molecule has 0 aromatic carbocycles. The Hall–Kier alpha value is -0.550. The highest BCUT2D eigenvalue weighted by molar-refractivity contribution is 14.0. The lowest BCUT2D eigenvalue weighted by molar-refractivity contribution is 0.0778. The van der Waals surface area contributed by atoms with Crippen molar-refractivity contribution < 1.29 is 5.11 Å². The molecule has 2 unspecified atom stereocenters. The molecule has 0 amide bonds. The number of aromatic nitrogens is 3. The molecule has 2 aliphatic rings. The zero-order chi connectivity index (χ0) is 17.9. The number of aliphatic imine (C=N–C) groups is 1. The molecule has 7 nitrogen and oxygen atoms in total. The molecule has 9 heteroatoms. The lowest BCUT2D eigenvalue weighted by atomic mass is 10.0. The maximum atomic E-state index is 10.5. The molecule has 148 valence electrons. The van der Waals surface area contributed by atoms with Gasteiger partial charge in [0.05, 0.1) is 18.7 Å². The van der Waals surface area contributed by atoms with Gasteiger partial charge in [-0.15, -0.1) is 24.0 Å². The van der Waals surface area contributed by atoms with Gasteiger partial charge >= 0.3 is 0 Å². The van der Waals surface area contributed by atoms with Crippen LogP contribution in [0.3, 0.4) is 0 Å². The van der Waals surface area contributed by atoms with Gasteiger partial charge in [0, 0.05) is 30.7 Å². The van der Waals surface area contributed by atoms with Gasteiger partial charge in [0.1, 0.15) is 5.82 Å². The Balaban J connectivity index is 0.00000243. The van der Waals surface area contributed by atoms with E-state index in [1.165, 1.54) is 0 Å². The highest BCUT2D eigenvalue weighted by Crippen LogP contribution is 2.27. The van der Waals surface area contributed by atoms with E-state index in [2.05, 4.69) is 46.5 Å². The van der Waals surface area contributed by atoms with Gasteiger partial charge in [0.25, 0.3) is 0 Å². The second kappa shape index (κ2) is 9.59. The van der Waals surface area contributed by atoms with Crippen molar-refractivity contribution in [3.8, 4) is 0 Å². The van der Waals surface area contributed by atoms with Gasteiger partial charge in [-0.2, -0.15) is 16.9 Å². The molecule has 1 aromatic heterocycles. The van der Waals surface area contributed by atoms with E-state index in [-0.39, 0.29) is 30.0 Å². The van der Waals surface area contributed by atoms with E-state index >= 15 is 0 Å². The SMILES string of the molecule is CCNC(=NCC1(O)CCSC1)NC1CCc2nc(C(C)C)nn2C1.I. The molecule has 0 bridgehead atoms. The predicted molar refractivity (Wildman–Crippen MR) is 118 cm³/mol. The normalized spacial score (nSPS) is 25.7. The number of thioether (sulfide) groups is 1. The van der Waals surface area contributed by atoms with Crippen LogP contribution in [0.5, 0.6) is 0 Å². The molecule has 0 spiro atoms. The summed E-state index contributed by atoms with van der Waals surface area (Å²) >= 11 is 1.80. The molecule has 1 fully saturated rings. The number of aryl methyl sites for hydroxylation is 1. The molecular weight excluding hydrogens is 463 g/mol. The van der Waals surface area contributed by atoms with E-state index in [4.69, 9.17) is 0 Å². The fourth-order valence-corrected chi connectivity index (χ4v) is 4.44. The standard InChI is InChI=1S/C17H30N6OS.HI/c1-4-18-16(19-10-17(24)7-8-25-11-17)20-13-5-6-14-21-15(12(2)3)22-23(14)9-13;/h12-13,24H,4-11H2,1-3H3,(H2,18,19,20);1H. The Morgan fingerprint density at radius 3 is 2.96 bits per heavy atom. The smallest absolute Gasteiger partial charge is 0.191 e. The van der Waals surface area contributed by atoms with Gasteiger partial charge in [0.2, 0.25) is 0 Å². The summed E-state index contributed by atoms with van der Waals surface area (Å²) in [7, 11) is 0. The molecule has 1 aromatic rings. The van der Waals surface area contributed by atoms with Crippen molar-refractivity contribution in [1.29, 1.82) is 0 Å². The summed E-state index contributed by atoms with van der Waals surface area (Å²) in [6.07, 6.45) is 2.77. The predicted octanol–water partition coefficient (Wildman–Crippen LogP) is 1.76. The van der Waals surface area contributed by atoms with Gasteiger partial charge in [-0.05, 0) is 25.5 Å². The summed E-state index contributed by atoms with van der Waals surface area (Å²) in [5.74, 6) is 4.95. The molecule has 0 saturated carbocycles. The third-order valence-corrected chi connectivity index (χ3v) is 5.92. The van der Waals surface area contributed by atoms with Gasteiger partial charge in [0.15, 0.2) is 11.8 Å². The average molecular weight is 494 g/mol. The van der Waals surface area contributed by atoms with Crippen molar-refractivity contribution in [3.63, 3.8) is 0 Å². The first-order chi connectivity index (χ1) is 12.0. The van der Waals surface area contributed by atoms with E-state index in [9.17, 15) is 5.11 Å². The first-order valence-corrected chi connectivity index (χ1v) is 10.4. The largest absolute Gasteiger partial charge is 0.387 e. The summed E-state index contributed by atoms with van der Waals surface area (Å²) in [5, 5.41) is 21.9. The van der Waals surface area contributed by atoms with Gasteiger partial charge in [-0.1, -0.05) is 13.8 Å². The fourth-order valence-electron chi connectivity index (χ4n) is 3.15. The van der Waals surface area contributed by atoms with E-state index in [0.29, 0.717) is 12.5 Å². The van der Waals surface area contributed by atoms with Crippen molar-refractivity contribution in [1.82, 2.24) is 25.4 Å². The first kappa shape index (κ1) is 21.7. The van der Waals surface area contributed by atoms with Crippen LogP contribution in [0.15, 0.2) is 4.99 Å². The zero-order valence-electron chi connectivity index (χ0n) is 15.9. The molecule has 2 atom stereocenters. The molecule has 1 saturated heterocycles. The third-order valence-electron chi connectivity index (χ3n) is 4.69. The number of halogens is 1. The lowest BCUT2D eigenvalue weighted by Crippen LogP contribution is -2.48. The summed E-state index contributed by atoms with van der Waals surface area (Å²) < 4.78 is 2.03. The zero-order valence-corrected chi connectivity index (χ0v) is 19.0. The van der Waals surface area contributed by atoms with Crippen molar-refractivity contribution in [2.75, 3.05) is 24.6 Å². The van der Waals surface area contributed by atoms with Crippen LogP contribution < -0.4 is 10.6 Å². The molecule has 0 aliphatic carbocycles. The lowest BCUT2D eigenvalue weighted by Gasteiger charge is -2.26.